The first-order valence-electron chi connectivity index (χ1n) is 37.5. The maximum atomic E-state index is 15.3. The fourth-order valence-electron chi connectivity index (χ4n) is 12.9. The predicted molar refractivity (Wildman–Crippen MR) is 401 cm³/mol. The van der Waals surface area contributed by atoms with Gasteiger partial charge >= 0.3 is 23.9 Å². The standard InChI is InChI=1S/C75H104N16O21/c1-3-32-110-33-24-55-70(104)85-57(39-50-42-78-52-15-8-7-14-51(50)52)68(102)80-43-61(92)82-53(16-9-10-26-77-75(109)90-30-28-89(29-31-90)45-66(99)100)69(103)87-58(40-65(97)98)74(108)91-27-11-17-59(91)72(106)84-54(22-23-64(95)96)67(101)81-44-63(94)88(2)60(38-47-12-5-4-6-13-47)73(107)86-56(71(105)83-55)37-48-18-20-49(21-19-48)41-79-62(93)46-112-36-35-111-34-25-76/h4-8,12-15,18-21,42,53-60,78H,3,9-11,16-17,22-41,43-46,76H2,1-2H3,(H,77,109)(H,79,93)(H,80,102)(H,81,101)(H,82,92)(H,83,105)(H,84,106)(H,85,104)(H,86,107)(H,87,103)(H,95,96)(H,97,98)(H,99,100)/t53-,54-,55-,56-,57-,58-,59+,60-/m0/s1. The molecule has 3 aliphatic heterocycles. The first kappa shape index (κ1) is 88.1. The number of carbonyl (C=O) groups is 15. The van der Waals surface area contributed by atoms with E-state index in [0.717, 1.165) is 9.80 Å². The van der Waals surface area contributed by atoms with Gasteiger partial charge in [0.2, 0.25) is 65.0 Å². The Hall–Kier alpha value is -11.2. The van der Waals surface area contributed by atoms with Crippen LogP contribution in [0.5, 0.6) is 0 Å². The number of para-hydroxylation sites is 1. The highest BCUT2D eigenvalue weighted by Crippen LogP contribution is 2.23. The number of likely N-dealkylation sites (N-methyl/N-ethyl adjacent to an activating group) is 1. The molecule has 0 spiro atoms. The van der Waals surface area contributed by atoms with Gasteiger partial charge in [-0.25, -0.2) is 4.79 Å². The maximum Gasteiger partial charge on any atom is 0.317 e. The number of carboxylic acid groups (broad SMARTS) is 3. The molecular formula is C75H104N16O21. The number of ether oxygens (including phenoxy) is 3. The molecule has 8 atom stereocenters. The molecule has 37 nitrogen and oxygen atoms in total. The van der Waals surface area contributed by atoms with Crippen LogP contribution in [0, 0.1) is 0 Å². The van der Waals surface area contributed by atoms with E-state index in [9.17, 15) is 72.9 Å². The van der Waals surface area contributed by atoms with Gasteiger partial charge < -0.3 is 108 Å². The van der Waals surface area contributed by atoms with E-state index in [1.54, 1.807) is 90.0 Å². The number of hydrogen-bond acceptors (Lipinski definition) is 20. The summed E-state index contributed by atoms with van der Waals surface area (Å²) in [5.74, 6) is -14.1. The van der Waals surface area contributed by atoms with Crippen molar-refractivity contribution in [3.8, 4) is 0 Å². The molecule has 37 heteroatoms. The quantitative estimate of drug-likeness (QED) is 0.0225. The lowest BCUT2D eigenvalue weighted by Crippen LogP contribution is -2.60. The first-order valence-corrected chi connectivity index (χ1v) is 37.5. The lowest BCUT2D eigenvalue weighted by Gasteiger charge is -2.33. The average molecular weight is 1570 g/mol. The Labute approximate surface area is 647 Å². The van der Waals surface area contributed by atoms with E-state index in [0.29, 0.717) is 65.8 Å². The maximum absolute atomic E-state index is 15.3. The van der Waals surface area contributed by atoms with Crippen LogP contribution in [0.2, 0.25) is 0 Å². The van der Waals surface area contributed by atoms with E-state index < -0.39 is 170 Å². The number of amides is 13. The lowest BCUT2D eigenvalue weighted by molar-refractivity contribution is -0.146. The van der Waals surface area contributed by atoms with Crippen LogP contribution in [-0.4, -0.2) is 289 Å². The molecule has 3 aromatic carbocycles. The van der Waals surface area contributed by atoms with Gasteiger partial charge in [-0.3, -0.25) is 72.0 Å². The van der Waals surface area contributed by atoms with Crippen molar-refractivity contribution in [2.45, 2.75) is 145 Å². The molecule has 4 heterocycles. The van der Waals surface area contributed by atoms with Gasteiger partial charge in [0.25, 0.3) is 0 Å². The summed E-state index contributed by atoms with van der Waals surface area (Å²) in [6, 6.07) is 9.09. The summed E-state index contributed by atoms with van der Waals surface area (Å²) in [7, 11) is 1.27. The number of carboxylic acids is 3. The highest BCUT2D eigenvalue weighted by Gasteiger charge is 2.42. The third-order valence-electron chi connectivity index (χ3n) is 19.0. The molecule has 7 rings (SSSR count). The third-order valence-corrected chi connectivity index (χ3v) is 19.0. The minimum absolute atomic E-state index is 0.0524. The molecule has 0 radical (unpaired) electrons. The van der Waals surface area contributed by atoms with Gasteiger partial charge in [-0.05, 0) is 79.7 Å². The van der Waals surface area contributed by atoms with Gasteiger partial charge in [0.15, 0.2) is 0 Å². The van der Waals surface area contributed by atoms with Crippen LogP contribution in [0.4, 0.5) is 4.79 Å². The minimum atomic E-state index is -1.90. The molecule has 112 heavy (non-hydrogen) atoms. The van der Waals surface area contributed by atoms with Crippen LogP contribution in [0.3, 0.4) is 0 Å². The van der Waals surface area contributed by atoms with Crippen molar-refractivity contribution >= 4 is 99.8 Å². The molecule has 3 saturated heterocycles. The predicted octanol–water partition coefficient (Wildman–Crippen LogP) is -2.49. The summed E-state index contributed by atoms with van der Waals surface area (Å²) in [6.07, 6.45) is -0.816. The van der Waals surface area contributed by atoms with Crippen LogP contribution in [0.15, 0.2) is 85.1 Å². The van der Waals surface area contributed by atoms with Crippen molar-refractivity contribution in [3.63, 3.8) is 0 Å². The Bertz CT molecular complexity index is 3880. The number of benzene rings is 3. The van der Waals surface area contributed by atoms with Gasteiger partial charge in [0, 0.05) is 115 Å². The zero-order valence-electron chi connectivity index (χ0n) is 63.0. The summed E-state index contributed by atoms with van der Waals surface area (Å²) in [6.45, 7) is 1.96. The Morgan fingerprint density at radius 3 is 1.87 bits per heavy atom. The van der Waals surface area contributed by atoms with Crippen molar-refractivity contribution in [2.75, 3.05) is 112 Å². The number of nitrogens with one attached hydrogen (secondary N) is 11. The van der Waals surface area contributed by atoms with Crippen molar-refractivity contribution in [2.24, 2.45) is 5.73 Å². The zero-order valence-corrected chi connectivity index (χ0v) is 63.0. The summed E-state index contributed by atoms with van der Waals surface area (Å²) >= 11 is 0. The Kier molecular flexibility index (Phi) is 36.1. The molecule has 610 valence electrons. The second kappa shape index (κ2) is 45.9. The number of aromatic amines is 1. The second-order valence-corrected chi connectivity index (χ2v) is 27.4. The van der Waals surface area contributed by atoms with E-state index >= 15 is 14.4 Å². The number of fused-ring (bicyclic) bond motifs is 2. The lowest BCUT2D eigenvalue weighted by atomic mass is 10.00. The largest absolute Gasteiger partial charge is 0.481 e. The minimum Gasteiger partial charge on any atom is -0.481 e. The fourth-order valence-corrected chi connectivity index (χ4v) is 12.9. The molecule has 3 fully saturated rings. The third kappa shape index (κ3) is 28.9. The molecule has 13 amide bonds. The summed E-state index contributed by atoms with van der Waals surface area (Å²) in [5, 5.41) is 56.2. The molecule has 4 aromatic rings. The topological polar surface area (TPSA) is 519 Å². The van der Waals surface area contributed by atoms with Crippen LogP contribution < -0.4 is 58.9 Å². The highest BCUT2D eigenvalue weighted by atomic mass is 16.5. The first-order chi connectivity index (χ1) is 53.8. The normalized spacial score (nSPS) is 21.4. The van der Waals surface area contributed by atoms with E-state index in [-0.39, 0.29) is 130 Å². The number of piperazine rings is 1. The van der Waals surface area contributed by atoms with E-state index in [1.807, 2.05) is 6.92 Å². The number of rotatable bonds is 32. The zero-order chi connectivity index (χ0) is 81.1. The number of H-pyrrole nitrogens is 1. The smallest absolute Gasteiger partial charge is 0.317 e. The molecule has 0 aliphatic carbocycles. The Morgan fingerprint density at radius 1 is 0.554 bits per heavy atom. The molecular weight excluding hydrogens is 1460 g/mol. The number of nitrogens with two attached hydrogens (primary N) is 1. The van der Waals surface area contributed by atoms with Gasteiger partial charge in [0.05, 0.1) is 45.9 Å². The molecule has 0 unspecified atom stereocenters. The number of aromatic nitrogens is 1. The number of aliphatic carboxylic acids is 3. The number of unbranched alkanes of at least 4 members (excludes halogenated alkanes) is 1. The van der Waals surface area contributed by atoms with Crippen LogP contribution in [0.1, 0.15) is 93.4 Å². The van der Waals surface area contributed by atoms with E-state index in [4.69, 9.17) is 19.9 Å². The molecule has 0 bridgehead atoms. The Morgan fingerprint density at radius 2 is 1.16 bits per heavy atom. The van der Waals surface area contributed by atoms with Crippen LogP contribution in [0.25, 0.3) is 10.9 Å². The second-order valence-electron chi connectivity index (χ2n) is 27.4. The van der Waals surface area contributed by atoms with E-state index in [1.165, 1.54) is 11.9 Å². The number of carbonyl (C=O) groups excluding carboxylic acids is 12. The van der Waals surface area contributed by atoms with Crippen molar-refractivity contribution in [3.05, 3.63) is 107 Å². The van der Waals surface area contributed by atoms with Crippen molar-refractivity contribution < 1.29 is 101 Å². The van der Waals surface area contributed by atoms with Gasteiger partial charge in [-0.15, -0.1) is 0 Å². The number of hydrogen-bond donors (Lipinski definition) is 15. The molecule has 1 aromatic heterocycles. The molecule has 16 N–H and O–H groups in total. The number of urea groups is 1. The van der Waals surface area contributed by atoms with Gasteiger partial charge in [-0.2, -0.15) is 0 Å². The van der Waals surface area contributed by atoms with Crippen LogP contribution >= 0.6 is 0 Å². The monoisotopic (exact) mass is 1560 g/mol. The van der Waals surface area contributed by atoms with Crippen LogP contribution in [-0.2, 0) is 107 Å². The summed E-state index contributed by atoms with van der Waals surface area (Å²) in [5.41, 5.74) is 8.29. The van der Waals surface area contributed by atoms with Crippen molar-refractivity contribution in [1.82, 2.24) is 77.8 Å². The van der Waals surface area contributed by atoms with Gasteiger partial charge in [-0.1, -0.05) is 79.7 Å². The summed E-state index contributed by atoms with van der Waals surface area (Å²) < 4.78 is 16.5. The summed E-state index contributed by atoms with van der Waals surface area (Å²) in [4.78, 5) is 217. The van der Waals surface area contributed by atoms with E-state index in [2.05, 4.69) is 58.2 Å². The Balaban J connectivity index is 1.24. The SMILES string of the molecule is CCCOCC[C@@H]1NC(=O)[C@H](Cc2ccc(CNC(=O)COCCOCCN)cc2)NC(=O)[C@H](Cc2ccccc2)N(C)C(=O)CNC(=O)[C@H](CCC(=O)O)NC(=O)[C@H]2CCCN2C(=O)[C@H](CC(=O)O)NC(=O)[C@H](CCCCNC(=O)N2CCN(CC(=O)O)CC2)NC(=O)CNC(=O)[C@H](Cc2c[nH]c3ccccc23)NC1=O. The number of nitrogens with zero attached hydrogens (tertiary/aromatic N) is 4. The average Bonchev–Trinajstić information content (AvgIpc) is 1.49. The molecule has 3 aliphatic rings. The molecule has 0 saturated carbocycles. The van der Waals surface area contributed by atoms with Crippen molar-refractivity contribution in [1.29, 1.82) is 0 Å². The fraction of sp³-hybridized carbons (Fsp3) is 0.533. The highest BCUT2D eigenvalue weighted by molar-refractivity contribution is 6.00. The van der Waals surface area contributed by atoms with Gasteiger partial charge in [0.1, 0.15) is 54.9 Å².